The molecule has 3 heterocycles. The SMILES string of the molecule is CC(C)(C)c1ccc(-c2cc(Oc3[c-]c(N4[CH-]N(c5c(-c6ccccc6)cccc5-c5ccccc5)c5ccccc54)ccc3)[c-]c3c2c2ccccc2n3-c2cc(C(C)(C)C)c(-c3ccccc3)cn2)cc1.[Pt]. The van der Waals surface area contributed by atoms with Crippen molar-refractivity contribution in [3.05, 3.63) is 248 Å². The first-order chi connectivity index (χ1) is 35.5. The first kappa shape index (κ1) is 48.3. The van der Waals surface area contributed by atoms with Gasteiger partial charge in [0.2, 0.25) is 0 Å². The summed E-state index contributed by atoms with van der Waals surface area (Å²) in [4.78, 5) is 9.79. The normalized spacial score (nSPS) is 12.5. The third-order valence-corrected chi connectivity index (χ3v) is 14.0. The van der Waals surface area contributed by atoms with Gasteiger partial charge in [-0.25, -0.2) is 4.98 Å². The summed E-state index contributed by atoms with van der Waals surface area (Å²) in [5, 5.41) is 2.21. The molecule has 0 fully saturated rings. The molecule has 0 saturated heterocycles. The Kier molecular flexibility index (Phi) is 12.7. The molecular formula is C68H55N4OPt-3. The molecule has 0 radical (unpaired) electrons. The van der Waals surface area contributed by atoms with E-state index < -0.39 is 0 Å². The van der Waals surface area contributed by atoms with Gasteiger partial charge in [0.15, 0.2) is 0 Å². The number of hydrogen-bond donors (Lipinski definition) is 0. The predicted octanol–water partition coefficient (Wildman–Crippen LogP) is 18.2. The number of ether oxygens (including phenoxy) is 1. The van der Waals surface area contributed by atoms with Crippen LogP contribution in [0.2, 0.25) is 0 Å². The zero-order valence-electron chi connectivity index (χ0n) is 42.4. The van der Waals surface area contributed by atoms with Crippen LogP contribution in [0.5, 0.6) is 11.5 Å². The van der Waals surface area contributed by atoms with Gasteiger partial charge in [0.1, 0.15) is 5.82 Å². The molecule has 12 rings (SSSR count). The molecule has 0 aliphatic carbocycles. The van der Waals surface area contributed by atoms with E-state index in [-0.39, 0.29) is 31.9 Å². The van der Waals surface area contributed by atoms with E-state index in [9.17, 15) is 0 Å². The van der Waals surface area contributed by atoms with E-state index in [1.165, 1.54) is 11.1 Å². The second-order valence-electron chi connectivity index (χ2n) is 20.9. The van der Waals surface area contributed by atoms with Gasteiger partial charge in [0.05, 0.1) is 0 Å². The Labute approximate surface area is 449 Å². The van der Waals surface area contributed by atoms with Crippen molar-refractivity contribution in [3.63, 3.8) is 0 Å². The Morgan fingerprint density at radius 1 is 0.473 bits per heavy atom. The van der Waals surface area contributed by atoms with Crippen molar-refractivity contribution in [1.29, 1.82) is 0 Å². The summed E-state index contributed by atoms with van der Waals surface area (Å²) in [5.41, 5.74) is 17.3. The van der Waals surface area contributed by atoms with Crippen molar-refractivity contribution < 1.29 is 25.8 Å². The first-order valence-corrected chi connectivity index (χ1v) is 25.1. The van der Waals surface area contributed by atoms with Gasteiger partial charge in [-0.1, -0.05) is 216 Å². The number of rotatable bonds is 9. The molecule has 1 aliphatic heterocycles. The monoisotopic (exact) mass is 1140 g/mol. The molecule has 5 nitrogen and oxygen atoms in total. The summed E-state index contributed by atoms with van der Waals surface area (Å²) >= 11 is 0. The fourth-order valence-corrected chi connectivity index (χ4v) is 10.4. The maximum absolute atomic E-state index is 7.02. The van der Waals surface area contributed by atoms with Crippen LogP contribution in [-0.4, -0.2) is 9.55 Å². The maximum atomic E-state index is 7.02. The number of hydrogen-bond acceptors (Lipinski definition) is 4. The molecule has 1 aliphatic rings. The predicted molar refractivity (Wildman–Crippen MR) is 303 cm³/mol. The number of nitrogens with zero attached hydrogens (tertiary/aromatic N) is 4. The zero-order valence-corrected chi connectivity index (χ0v) is 44.6. The average molecular weight is 1140 g/mol. The van der Waals surface area contributed by atoms with Crippen molar-refractivity contribution in [2.24, 2.45) is 0 Å². The van der Waals surface area contributed by atoms with Crippen molar-refractivity contribution in [2.75, 3.05) is 9.80 Å². The minimum atomic E-state index is -0.166. The molecule has 0 saturated carbocycles. The van der Waals surface area contributed by atoms with E-state index in [1.54, 1.807) is 0 Å². The van der Waals surface area contributed by atoms with Crippen molar-refractivity contribution in [3.8, 4) is 61.8 Å². The maximum Gasteiger partial charge on any atom is 0.135 e. The fraction of sp³-hybridized carbons (Fsp3) is 0.118. The summed E-state index contributed by atoms with van der Waals surface area (Å²) in [5.74, 6) is 1.97. The third-order valence-electron chi connectivity index (χ3n) is 14.0. The van der Waals surface area contributed by atoms with Gasteiger partial charge in [-0.05, 0) is 73.9 Å². The molecule has 11 aromatic rings. The standard InChI is InChI=1S/C68H55N4O.Pt/c1-67(2,3)50-38-36-49(37-39-50)57-41-53(42-63-65(57)56-30-16-17-33-60(56)72(63)64-43-59(68(4,5)6)58(44-69-64)48-26-14-9-15-27-48)73-52-29-20-28-51(40-52)70-45-71(62-35-19-18-34-61(62)70)66-54(46-22-10-7-11-23-46)31-21-32-55(66)47-24-12-8-13-25-47;/h7-39,41,43-45H,1-6H3;/q-3;. The van der Waals surface area contributed by atoms with Gasteiger partial charge in [-0.15, -0.1) is 48.3 Å². The molecule has 0 spiro atoms. The van der Waals surface area contributed by atoms with Crippen LogP contribution in [0, 0.1) is 18.8 Å². The number of para-hydroxylation sites is 4. The Morgan fingerprint density at radius 3 is 1.65 bits per heavy atom. The minimum absolute atomic E-state index is 0. The fourth-order valence-electron chi connectivity index (χ4n) is 10.4. The topological polar surface area (TPSA) is 33.5 Å². The number of pyridine rings is 1. The molecule has 0 unspecified atom stereocenters. The minimum Gasteiger partial charge on any atom is -0.509 e. The molecule has 0 amide bonds. The van der Waals surface area contributed by atoms with E-state index in [0.29, 0.717) is 11.5 Å². The second kappa shape index (κ2) is 19.5. The van der Waals surface area contributed by atoms with Crippen molar-refractivity contribution >= 4 is 44.6 Å². The molecule has 366 valence electrons. The number of aromatic nitrogens is 2. The smallest absolute Gasteiger partial charge is 0.135 e. The second-order valence-corrected chi connectivity index (χ2v) is 20.9. The molecule has 0 N–H and O–H groups in total. The van der Waals surface area contributed by atoms with Crippen LogP contribution < -0.4 is 14.5 Å². The molecule has 6 heteroatoms. The summed E-state index contributed by atoms with van der Waals surface area (Å²) in [6, 6.07) is 82.7. The molecular weight excluding hydrogens is 1080 g/mol. The van der Waals surface area contributed by atoms with Crippen molar-refractivity contribution in [2.45, 2.75) is 52.4 Å². The van der Waals surface area contributed by atoms with Crippen LogP contribution in [0.15, 0.2) is 219 Å². The molecule has 2 aromatic heterocycles. The van der Waals surface area contributed by atoms with Crippen LogP contribution in [0.1, 0.15) is 52.7 Å². The van der Waals surface area contributed by atoms with Crippen LogP contribution in [0.25, 0.3) is 72.1 Å². The van der Waals surface area contributed by atoms with E-state index >= 15 is 0 Å². The molecule has 74 heavy (non-hydrogen) atoms. The van der Waals surface area contributed by atoms with Crippen LogP contribution in [0.4, 0.5) is 22.7 Å². The summed E-state index contributed by atoms with van der Waals surface area (Å²) in [7, 11) is 0. The molecule has 9 aromatic carbocycles. The summed E-state index contributed by atoms with van der Waals surface area (Å²) in [6.07, 6.45) is 2.04. The Morgan fingerprint density at radius 2 is 1.03 bits per heavy atom. The zero-order chi connectivity index (χ0) is 49.8. The largest absolute Gasteiger partial charge is 0.509 e. The Hall–Kier alpha value is -7.98. The van der Waals surface area contributed by atoms with Gasteiger partial charge in [0.25, 0.3) is 0 Å². The summed E-state index contributed by atoms with van der Waals surface area (Å²) in [6.45, 7) is 15.8. The van der Waals surface area contributed by atoms with Crippen LogP contribution >= 0.6 is 0 Å². The Balaban J connectivity index is 0.00000588. The van der Waals surface area contributed by atoms with Gasteiger partial charge < -0.3 is 19.1 Å². The van der Waals surface area contributed by atoms with Gasteiger partial charge >= 0.3 is 0 Å². The number of fused-ring (bicyclic) bond motifs is 4. The van der Waals surface area contributed by atoms with Gasteiger partial charge in [-0.3, -0.25) is 0 Å². The summed E-state index contributed by atoms with van der Waals surface area (Å²) < 4.78 is 9.28. The van der Waals surface area contributed by atoms with E-state index in [1.807, 2.05) is 18.3 Å². The van der Waals surface area contributed by atoms with Crippen LogP contribution in [-0.2, 0) is 31.9 Å². The number of anilines is 4. The Bertz CT molecular complexity index is 3760. The average Bonchev–Trinajstić information content (AvgIpc) is 3.98. The quantitative estimate of drug-likeness (QED) is 0.135. The van der Waals surface area contributed by atoms with E-state index in [0.717, 1.165) is 94.9 Å². The van der Waals surface area contributed by atoms with Gasteiger partial charge in [0, 0.05) is 78.0 Å². The van der Waals surface area contributed by atoms with E-state index in [4.69, 9.17) is 9.72 Å². The van der Waals surface area contributed by atoms with Gasteiger partial charge in [-0.2, -0.15) is 6.07 Å². The van der Waals surface area contributed by atoms with E-state index in [2.05, 4.69) is 275 Å². The number of benzene rings is 9. The van der Waals surface area contributed by atoms with Crippen LogP contribution in [0.3, 0.4) is 0 Å². The molecule has 0 atom stereocenters. The third kappa shape index (κ3) is 8.90. The molecule has 0 bridgehead atoms. The van der Waals surface area contributed by atoms with Crippen molar-refractivity contribution in [1.82, 2.24) is 9.55 Å². The first-order valence-electron chi connectivity index (χ1n) is 25.1.